The highest BCUT2D eigenvalue weighted by atomic mass is 16.5. The Labute approximate surface area is 136 Å². The molecule has 0 fully saturated rings. The number of nitrogens with zero attached hydrogens (tertiary/aromatic N) is 3. The van der Waals surface area contributed by atoms with Crippen LogP contribution in [0.25, 0.3) is 16.7 Å². The Morgan fingerprint density at radius 2 is 1.96 bits per heavy atom. The molecule has 120 valence electrons. The number of fused-ring (bicyclic) bond motifs is 1. The van der Waals surface area contributed by atoms with Crippen LogP contribution in [0.3, 0.4) is 0 Å². The van der Waals surface area contributed by atoms with Gasteiger partial charge in [0, 0.05) is 18.1 Å². The molecule has 0 bridgehead atoms. The number of aromatic amines is 1. The van der Waals surface area contributed by atoms with E-state index in [1.54, 1.807) is 12.5 Å². The third-order valence-electron chi connectivity index (χ3n) is 3.64. The maximum atomic E-state index is 9.73. The van der Waals surface area contributed by atoms with Crippen molar-refractivity contribution >= 4 is 11.0 Å². The molecule has 3 N–H and O–H groups in total. The van der Waals surface area contributed by atoms with Gasteiger partial charge >= 0.3 is 0 Å². The molecule has 4 rings (SSSR count). The van der Waals surface area contributed by atoms with Crippen molar-refractivity contribution in [2.75, 3.05) is 0 Å². The second-order valence-corrected chi connectivity index (χ2v) is 5.27. The highest BCUT2D eigenvalue weighted by Crippen LogP contribution is 2.35. The highest BCUT2D eigenvalue weighted by Gasteiger charge is 2.10. The molecule has 0 radical (unpaired) electrons. The third-order valence-corrected chi connectivity index (χ3v) is 3.64. The summed E-state index contributed by atoms with van der Waals surface area (Å²) in [5.74, 6) is 0.398. The summed E-state index contributed by atoms with van der Waals surface area (Å²) in [6.45, 7) is 0.0974. The number of para-hydroxylation sites is 1. The summed E-state index contributed by atoms with van der Waals surface area (Å²) >= 11 is 0. The Bertz CT molecular complexity index is 972. The van der Waals surface area contributed by atoms with Crippen molar-refractivity contribution < 1.29 is 14.9 Å². The van der Waals surface area contributed by atoms with E-state index < -0.39 is 0 Å². The Kier molecular flexibility index (Phi) is 3.31. The molecule has 0 amide bonds. The fourth-order valence-corrected chi connectivity index (χ4v) is 2.49. The third kappa shape index (κ3) is 2.52. The predicted molar refractivity (Wildman–Crippen MR) is 87.3 cm³/mol. The maximum Gasteiger partial charge on any atom is 0.203 e. The lowest BCUT2D eigenvalue weighted by atomic mass is 10.3. The second kappa shape index (κ2) is 5.62. The van der Waals surface area contributed by atoms with Crippen molar-refractivity contribution in [3.8, 4) is 22.9 Å². The zero-order valence-corrected chi connectivity index (χ0v) is 12.5. The van der Waals surface area contributed by atoms with Crippen molar-refractivity contribution in [2.24, 2.45) is 0 Å². The van der Waals surface area contributed by atoms with Gasteiger partial charge in [-0.2, -0.15) is 0 Å². The predicted octanol–water partition coefficient (Wildman–Crippen LogP) is 2.74. The van der Waals surface area contributed by atoms with Crippen LogP contribution in [0.2, 0.25) is 0 Å². The van der Waals surface area contributed by atoms with Crippen molar-refractivity contribution in [1.29, 1.82) is 0 Å². The number of ether oxygens (including phenoxy) is 1. The number of phenolic OH excluding ortho intramolecular Hbond substituents is 2. The molecule has 0 atom stereocenters. The number of rotatable bonds is 4. The molecule has 0 aliphatic heterocycles. The summed E-state index contributed by atoms with van der Waals surface area (Å²) in [6.07, 6.45) is 5.30. The second-order valence-electron chi connectivity index (χ2n) is 5.27. The fourth-order valence-electron chi connectivity index (χ4n) is 2.49. The number of hydrogen-bond donors (Lipinski definition) is 3. The van der Waals surface area contributed by atoms with Gasteiger partial charge in [0.05, 0.1) is 17.4 Å². The topological polar surface area (TPSA) is 96.2 Å². The number of hydrogen-bond acceptors (Lipinski definition) is 5. The highest BCUT2D eigenvalue weighted by molar-refractivity contribution is 5.77. The van der Waals surface area contributed by atoms with Crippen LogP contribution in [-0.2, 0) is 6.61 Å². The first-order chi connectivity index (χ1) is 11.7. The zero-order chi connectivity index (χ0) is 16.5. The van der Waals surface area contributed by atoms with Crippen LogP contribution in [0.4, 0.5) is 0 Å². The molecule has 4 aromatic rings. The van der Waals surface area contributed by atoms with Gasteiger partial charge in [-0.25, -0.2) is 9.97 Å². The molecule has 0 aliphatic rings. The van der Waals surface area contributed by atoms with Gasteiger partial charge in [0.1, 0.15) is 12.4 Å². The fraction of sp³-hybridized carbons (Fsp3) is 0.0588. The van der Waals surface area contributed by atoms with Gasteiger partial charge in [-0.3, -0.25) is 0 Å². The summed E-state index contributed by atoms with van der Waals surface area (Å²) in [6, 6.07) is 10.3. The number of imidazole rings is 2. The number of aromatic nitrogens is 4. The lowest BCUT2D eigenvalue weighted by Crippen LogP contribution is -1.97. The molecule has 24 heavy (non-hydrogen) atoms. The average Bonchev–Trinajstić information content (AvgIpc) is 3.23. The van der Waals surface area contributed by atoms with E-state index in [4.69, 9.17) is 4.74 Å². The lowest BCUT2D eigenvalue weighted by molar-refractivity contribution is 0.266. The molecule has 7 heteroatoms. The SMILES string of the molecule is Oc1cccc(O)c1OCc1nc2cc(-n3ccnc3)ccc2[nH]1. The van der Waals surface area contributed by atoms with Gasteiger partial charge in [-0.1, -0.05) is 6.07 Å². The van der Waals surface area contributed by atoms with Crippen LogP contribution in [0.1, 0.15) is 5.82 Å². The first-order valence-corrected chi connectivity index (χ1v) is 7.31. The van der Waals surface area contributed by atoms with Crippen molar-refractivity contribution in [3.63, 3.8) is 0 Å². The van der Waals surface area contributed by atoms with E-state index in [-0.39, 0.29) is 23.9 Å². The molecule has 0 aliphatic carbocycles. The number of nitrogens with one attached hydrogen (secondary N) is 1. The van der Waals surface area contributed by atoms with Gasteiger partial charge < -0.3 is 24.5 Å². The standard InChI is InChI=1S/C17H14N4O3/c22-14-2-1-3-15(23)17(14)24-9-16-19-12-5-4-11(8-13(12)20-16)21-7-6-18-10-21/h1-8,10,22-23H,9H2,(H,19,20). The van der Waals surface area contributed by atoms with Crippen LogP contribution in [0.5, 0.6) is 17.2 Å². The monoisotopic (exact) mass is 322 g/mol. The minimum Gasteiger partial charge on any atom is -0.504 e. The van der Waals surface area contributed by atoms with Crippen LogP contribution >= 0.6 is 0 Å². The molecule has 2 heterocycles. The van der Waals surface area contributed by atoms with E-state index in [1.807, 2.05) is 29.0 Å². The summed E-state index contributed by atoms with van der Waals surface area (Å²) in [4.78, 5) is 11.7. The molecule has 0 saturated heterocycles. The van der Waals surface area contributed by atoms with Gasteiger partial charge in [0.25, 0.3) is 0 Å². The molecule has 0 spiro atoms. The van der Waals surface area contributed by atoms with Crippen molar-refractivity contribution in [1.82, 2.24) is 19.5 Å². The Balaban J connectivity index is 1.59. The quantitative estimate of drug-likeness (QED) is 0.537. The molecule has 7 nitrogen and oxygen atoms in total. The smallest absolute Gasteiger partial charge is 0.203 e. The van der Waals surface area contributed by atoms with E-state index in [0.717, 1.165) is 16.7 Å². The van der Waals surface area contributed by atoms with Crippen LogP contribution in [-0.4, -0.2) is 29.7 Å². The van der Waals surface area contributed by atoms with E-state index in [9.17, 15) is 10.2 Å². The normalized spacial score (nSPS) is 11.0. The van der Waals surface area contributed by atoms with Crippen LogP contribution in [0.15, 0.2) is 55.1 Å². The average molecular weight is 322 g/mol. The number of aromatic hydroxyl groups is 2. The summed E-state index contributed by atoms with van der Waals surface area (Å²) in [5, 5.41) is 19.5. The summed E-state index contributed by atoms with van der Waals surface area (Å²) in [5.41, 5.74) is 2.62. The Morgan fingerprint density at radius 1 is 1.12 bits per heavy atom. The van der Waals surface area contributed by atoms with Crippen LogP contribution in [0, 0.1) is 0 Å². The van der Waals surface area contributed by atoms with E-state index >= 15 is 0 Å². The molecule has 2 aromatic carbocycles. The number of phenols is 2. The van der Waals surface area contributed by atoms with Gasteiger partial charge in [-0.05, 0) is 30.3 Å². The van der Waals surface area contributed by atoms with Crippen molar-refractivity contribution in [3.05, 3.63) is 60.9 Å². The Hall–Kier alpha value is -3.48. The van der Waals surface area contributed by atoms with E-state index in [2.05, 4.69) is 15.0 Å². The maximum absolute atomic E-state index is 9.73. The van der Waals surface area contributed by atoms with Gasteiger partial charge in [0.15, 0.2) is 11.5 Å². The minimum absolute atomic E-state index is 0.0389. The molecular weight excluding hydrogens is 308 g/mol. The zero-order valence-electron chi connectivity index (χ0n) is 12.5. The number of benzene rings is 2. The minimum atomic E-state index is -0.117. The first kappa shape index (κ1) is 14.1. The molecule has 2 aromatic heterocycles. The summed E-state index contributed by atoms with van der Waals surface area (Å²) in [7, 11) is 0. The van der Waals surface area contributed by atoms with E-state index in [0.29, 0.717) is 5.82 Å². The van der Waals surface area contributed by atoms with Crippen LogP contribution < -0.4 is 4.74 Å². The number of H-pyrrole nitrogens is 1. The molecule has 0 saturated carbocycles. The summed E-state index contributed by atoms with van der Waals surface area (Å²) < 4.78 is 7.37. The van der Waals surface area contributed by atoms with E-state index in [1.165, 1.54) is 18.2 Å². The first-order valence-electron chi connectivity index (χ1n) is 7.31. The lowest BCUT2D eigenvalue weighted by Gasteiger charge is -2.07. The van der Waals surface area contributed by atoms with Gasteiger partial charge in [-0.15, -0.1) is 0 Å². The van der Waals surface area contributed by atoms with Gasteiger partial charge in [0.2, 0.25) is 5.75 Å². The molecular formula is C17H14N4O3. The largest absolute Gasteiger partial charge is 0.504 e. The Morgan fingerprint density at radius 3 is 2.71 bits per heavy atom. The van der Waals surface area contributed by atoms with Crippen molar-refractivity contribution in [2.45, 2.75) is 6.61 Å². The molecule has 0 unspecified atom stereocenters.